The number of carbonyl (C=O) groups excluding carboxylic acids is 4. The second-order valence-corrected chi connectivity index (χ2v) is 9.74. The van der Waals surface area contributed by atoms with Crippen LogP contribution in [0.2, 0.25) is 10.0 Å². The summed E-state index contributed by atoms with van der Waals surface area (Å²) >= 11 is 12.8. The minimum absolute atomic E-state index is 0.0162. The van der Waals surface area contributed by atoms with Crippen molar-refractivity contribution in [1.29, 1.82) is 0 Å². The first-order valence-electron chi connectivity index (χ1n) is 11.2. The Morgan fingerprint density at radius 3 is 2.54 bits per heavy atom. The zero-order valence-corrected chi connectivity index (χ0v) is 22.4. The lowest BCUT2D eigenvalue weighted by atomic mass is 10.1. The van der Waals surface area contributed by atoms with E-state index in [9.17, 15) is 29.1 Å². The molecule has 10 nitrogen and oxygen atoms in total. The summed E-state index contributed by atoms with van der Waals surface area (Å²) in [5.74, 6) is -2.70. The lowest BCUT2D eigenvalue weighted by Gasteiger charge is -2.13. The third-order valence-corrected chi connectivity index (χ3v) is 6.87. The number of carboxylic acids is 1. The fraction of sp³-hybridized carbons (Fsp3) is 0.115. The third kappa shape index (κ3) is 6.33. The fourth-order valence-electron chi connectivity index (χ4n) is 3.50. The van der Waals surface area contributed by atoms with Gasteiger partial charge in [-0.2, -0.15) is 0 Å². The van der Waals surface area contributed by atoms with Gasteiger partial charge in [0.05, 0.1) is 32.7 Å². The van der Waals surface area contributed by atoms with Gasteiger partial charge in [-0.05, 0) is 67.2 Å². The van der Waals surface area contributed by atoms with Gasteiger partial charge in [-0.3, -0.25) is 19.3 Å². The lowest BCUT2D eigenvalue weighted by Crippen LogP contribution is -2.36. The quantitative estimate of drug-likeness (QED) is 0.246. The Labute approximate surface area is 235 Å². The number of furan rings is 1. The second-order valence-electron chi connectivity index (χ2n) is 7.93. The summed E-state index contributed by atoms with van der Waals surface area (Å²) in [7, 11) is 0. The number of thioether (sulfide) groups is 1. The number of benzene rings is 2. The van der Waals surface area contributed by atoms with Gasteiger partial charge in [-0.15, -0.1) is 0 Å². The molecule has 2 N–H and O–H groups in total. The van der Waals surface area contributed by atoms with Crippen LogP contribution in [0.25, 0.3) is 17.4 Å². The van der Waals surface area contributed by atoms with Crippen LogP contribution in [0.5, 0.6) is 0 Å². The molecule has 1 aliphatic rings. The molecule has 200 valence electrons. The first kappa shape index (κ1) is 28.0. The average Bonchev–Trinajstić information content (AvgIpc) is 3.45. The molecule has 39 heavy (non-hydrogen) atoms. The standard InChI is InChI=1S/C26H18Cl2N2O8S/c1-2-37-25(35)17-10-14(4-7-19(17)28)29-22(31)12-30-23(32)21(39-26(30)36)11-15-5-8-20(38-15)16-9-13(24(33)34)3-6-18(16)27/h3-11H,2,12H2,1H3,(H,29,31)(H,33,34)/b21-11-. The monoisotopic (exact) mass is 588 g/mol. The van der Waals surface area contributed by atoms with Crippen LogP contribution in [0, 0.1) is 0 Å². The molecule has 0 saturated carbocycles. The first-order valence-corrected chi connectivity index (χ1v) is 12.8. The predicted molar refractivity (Wildman–Crippen MR) is 145 cm³/mol. The molecule has 1 fully saturated rings. The van der Waals surface area contributed by atoms with Crippen LogP contribution in [-0.4, -0.2) is 52.2 Å². The zero-order valence-electron chi connectivity index (χ0n) is 20.0. The van der Waals surface area contributed by atoms with Crippen molar-refractivity contribution in [3.05, 3.63) is 80.4 Å². The van der Waals surface area contributed by atoms with Crippen molar-refractivity contribution in [3.63, 3.8) is 0 Å². The van der Waals surface area contributed by atoms with Crippen molar-refractivity contribution < 1.29 is 38.2 Å². The van der Waals surface area contributed by atoms with E-state index >= 15 is 0 Å². The maximum atomic E-state index is 12.8. The van der Waals surface area contributed by atoms with Crippen LogP contribution in [0.15, 0.2) is 57.9 Å². The van der Waals surface area contributed by atoms with Crippen LogP contribution in [-0.2, 0) is 14.3 Å². The number of hydrogen-bond acceptors (Lipinski definition) is 8. The number of aromatic carboxylic acids is 1. The third-order valence-electron chi connectivity index (χ3n) is 5.30. The van der Waals surface area contributed by atoms with Crippen molar-refractivity contribution in [3.8, 4) is 11.3 Å². The molecule has 0 radical (unpaired) electrons. The van der Waals surface area contributed by atoms with Crippen LogP contribution in [0.3, 0.4) is 0 Å². The van der Waals surface area contributed by atoms with E-state index in [2.05, 4.69) is 5.32 Å². The topological polar surface area (TPSA) is 143 Å². The number of anilines is 1. The summed E-state index contributed by atoms with van der Waals surface area (Å²) in [6, 6.07) is 11.4. The number of esters is 1. The molecule has 2 heterocycles. The van der Waals surface area contributed by atoms with E-state index in [0.717, 1.165) is 4.90 Å². The molecule has 4 rings (SSSR count). The molecule has 3 aromatic rings. The number of nitrogens with zero attached hydrogens (tertiary/aromatic N) is 1. The van der Waals surface area contributed by atoms with Gasteiger partial charge < -0.3 is 19.6 Å². The van der Waals surface area contributed by atoms with Crippen molar-refractivity contribution in [2.24, 2.45) is 0 Å². The minimum atomic E-state index is -1.13. The fourth-order valence-corrected chi connectivity index (χ4v) is 4.72. The molecule has 1 aromatic heterocycles. The van der Waals surface area contributed by atoms with Crippen molar-refractivity contribution in [1.82, 2.24) is 4.90 Å². The summed E-state index contributed by atoms with van der Waals surface area (Å²) in [5, 5.41) is 11.5. The Morgan fingerprint density at radius 2 is 1.82 bits per heavy atom. The van der Waals surface area contributed by atoms with Crippen LogP contribution < -0.4 is 5.32 Å². The number of halogens is 2. The smallest absolute Gasteiger partial charge is 0.339 e. The molecule has 3 amide bonds. The molecule has 0 unspecified atom stereocenters. The Morgan fingerprint density at radius 1 is 1.08 bits per heavy atom. The normalized spacial score (nSPS) is 14.1. The van der Waals surface area contributed by atoms with E-state index < -0.39 is 35.5 Å². The van der Waals surface area contributed by atoms with Crippen molar-refractivity contribution in [2.45, 2.75) is 6.92 Å². The number of imide groups is 1. The maximum Gasteiger partial charge on any atom is 0.339 e. The highest BCUT2D eigenvalue weighted by Crippen LogP contribution is 2.35. The van der Waals surface area contributed by atoms with Gasteiger partial charge in [-0.25, -0.2) is 9.59 Å². The molecule has 0 aliphatic carbocycles. The Balaban J connectivity index is 1.46. The SMILES string of the molecule is CCOC(=O)c1cc(NC(=O)CN2C(=O)S/C(=C\c3ccc(-c4cc(C(=O)O)ccc4Cl)o3)C2=O)ccc1Cl. The number of nitrogens with one attached hydrogen (secondary N) is 1. The number of hydrogen-bond donors (Lipinski definition) is 2. The number of rotatable bonds is 8. The highest BCUT2D eigenvalue weighted by atomic mass is 35.5. The van der Waals surface area contributed by atoms with Gasteiger partial charge in [0, 0.05) is 17.3 Å². The molecule has 13 heteroatoms. The van der Waals surface area contributed by atoms with E-state index in [1.165, 1.54) is 48.5 Å². The van der Waals surface area contributed by atoms with E-state index in [-0.39, 0.29) is 49.9 Å². The molecule has 1 aliphatic heterocycles. The van der Waals surface area contributed by atoms with Gasteiger partial charge in [0.15, 0.2) is 0 Å². The Hall–Kier alpha value is -4.06. The van der Waals surface area contributed by atoms with Gasteiger partial charge in [0.2, 0.25) is 5.91 Å². The number of amides is 3. The van der Waals surface area contributed by atoms with Gasteiger partial charge in [-0.1, -0.05) is 23.2 Å². The van der Waals surface area contributed by atoms with E-state index in [4.69, 9.17) is 32.4 Å². The molecule has 0 atom stereocenters. The highest BCUT2D eigenvalue weighted by Gasteiger charge is 2.36. The molecule has 0 spiro atoms. The highest BCUT2D eigenvalue weighted by molar-refractivity contribution is 8.18. The number of ether oxygens (including phenoxy) is 1. The number of carbonyl (C=O) groups is 5. The Bertz CT molecular complexity index is 1550. The van der Waals surface area contributed by atoms with Crippen LogP contribution >= 0.6 is 35.0 Å². The molecule has 1 saturated heterocycles. The summed E-state index contributed by atoms with van der Waals surface area (Å²) in [6.07, 6.45) is 1.34. The molecule has 2 aromatic carbocycles. The second kappa shape index (κ2) is 11.8. The Kier molecular flexibility index (Phi) is 8.44. The summed E-state index contributed by atoms with van der Waals surface area (Å²) < 4.78 is 10.6. The largest absolute Gasteiger partial charge is 0.478 e. The zero-order chi connectivity index (χ0) is 28.3. The molecular weight excluding hydrogens is 571 g/mol. The van der Waals surface area contributed by atoms with Crippen LogP contribution in [0.1, 0.15) is 33.4 Å². The van der Waals surface area contributed by atoms with E-state index in [1.807, 2.05) is 0 Å². The van der Waals surface area contributed by atoms with Gasteiger partial charge >= 0.3 is 11.9 Å². The maximum absolute atomic E-state index is 12.8. The lowest BCUT2D eigenvalue weighted by molar-refractivity contribution is -0.127. The summed E-state index contributed by atoms with van der Waals surface area (Å²) in [4.78, 5) is 62.0. The van der Waals surface area contributed by atoms with Crippen molar-refractivity contribution in [2.75, 3.05) is 18.5 Å². The first-order chi connectivity index (χ1) is 18.6. The van der Waals surface area contributed by atoms with Crippen molar-refractivity contribution >= 4 is 75.7 Å². The van der Waals surface area contributed by atoms with Gasteiger partial charge in [0.25, 0.3) is 11.1 Å². The minimum Gasteiger partial charge on any atom is -0.478 e. The van der Waals surface area contributed by atoms with Gasteiger partial charge in [0.1, 0.15) is 18.1 Å². The van der Waals surface area contributed by atoms with Crippen LogP contribution in [0.4, 0.5) is 10.5 Å². The number of carboxylic acid groups (broad SMARTS) is 1. The molecular formula is C26H18Cl2N2O8S. The summed E-state index contributed by atoms with van der Waals surface area (Å²) in [5.41, 5.74) is 0.639. The predicted octanol–water partition coefficient (Wildman–Crippen LogP) is 5.80. The summed E-state index contributed by atoms with van der Waals surface area (Å²) in [6.45, 7) is 1.21. The average molecular weight is 589 g/mol. The van der Waals surface area contributed by atoms with E-state index in [1.54, 1.807) is 13.0 Å². The van der Waals surface area contributed by atoms with E-state index in [0.29, 0.717) is 17.3 Å². The molecule has 0 bridgehead atoms.